The van der Waals surface area contributed by atoms with Gasteiger partial charge in [-0.05, 0) is 23.8 Å². The molecule has 0 spiro atoms. The predicted octanol–water partition coefficient (Wildman–Crippen LogP) is 1.71. The van der Waals surface area contributed by atoms with Crippen LogP contribution in [0.3, 0.4) is 0 Å². The highest BCUT2D eigenvalue weighted by atomic mass is 16.2. The zero-order valence-electron chi connectivity index (χ0n) is 14.9. The van der Waals surface area contributed by atoms with E-state index in [1.54, 1.807) is 0 Å². The highest BCUT2D eigenvalue weighted by molar-refractivity contribution is 5.82. The van der Waals surface area contributed by atoms with Crippen molar-refractivity contribution in [3.8, 4) is 0 Å². The molecule has 0 saturated carbocycles. The Morgan fingerprint density at radius 1 is 1.21 bits per heavy atom. The lowest BCUT2D eigenvalue weighted by molar-refractivity contribution is -0.136. The van der Waals surface area contributed by atoms with Gasteiger partial charge in [0, 0.05) is 19.1 Å². The van der Waals surface area contributed by atoms with Crippen LogP contribution < -0.4 is 11.1 Å². The van der Waals surface area contributed by atoms with Crippen molar-refractivity contribution >= 4 is 11.8 Å². The monoisotopic (exact) mass is 331 g/mol. The summed E-state index contributed by atoms with van der Waals surface area (Å²) in [7, 11) is 0. The number of hydrogen-bond donors (Lipinski definition) is 2. The molecule has 0 aromatic heterocycles. The number of benzene rings is 1. The van der Waals surface area contributed by atoms with Crippen molar-refractivity contribution in [2.75, 3.05) is 13.1 Å². The van der Waals surface area contributed by atoms with Crippen molar-refractivity contribution in [2.45, 2.75) is 52.1 Å². The maximum Gasteiger partial charge on any atom is 0.240 e. The fourth-order valence-electron chi connectivity index (χ4n) is 2.87. The second-order valence-corrected chi connectivity index (χ2v) is 7.67. The van der Waals surface area contributed by atoms with E-state index in [-0.39, 0.29) is 23.3 Å². The quantitative estimate of drug-likeness (QED) is 0.882. The molecule has 1 aliphatic rings. The summed E-state index contributed by atoms with van der Waals surface area (Å²) in [5, 5.41) is 3.08. The highest BCUT2D eigenvalue weighted by Crippen LogP contribution is 2.21. The molecule has 1 fully saturated rings. The van der Waals surface area contributed by atoms with Crippen LogP contribution in [0.1, 0.15) is 39.2 Å². The van der Waals surface area contributed by atoms with Crippen LogP contribution in [-0.2, 0) is 16.0 Å². The van der Waals surface area contributed by atoms with Gasteiger partial charge in [0.15, 0.2) is 0 Å². The Kier molecular flexibility index (Phi) is 5.99. The van der Waals surface area contributed by atoms with Crippen molar-refractivity contribution in [3.63, 3.8) is 0 Å². The van der Waals surface area contributed by atoms with Gasteiger partial charge < -0.3 is 16.0 Å². The lowest BCUT2D eigenvalue weighted by Gasteiger charge is -2.36. The molecule has 0 aliphatic carbocycles. The van der Waals surface area contributed by atoms with Crippen molar-refractivity contribution < 1.29 is 9.59 Å². The third kappa shape index (κ3) is 5.06. The Balaban J connectivity index is 1.78. The molecule has 1 aliphatic heterocycles. The van der Waals surface area contributed by atoms with Crippen molar-refractivity contribution in [1.82, 2.24) is 10.2 Å². The van der Waals surface area contributed by atoms with E-state index in [2.05, 4.69) is 5.32 Å². The van der Waals surface area contributed by atoms with Crippen LogP contribution in [0.2, 0.25) is 0 Å². The van der Waals surface area contributed by atoms with Crippen LogP contribution in [-0.4, -0.2) is 41.9 Å². The first-order valence-electron chi connectivity index (χ1n) is 8.65. The summed E-state index contributed by atoms with van der Waals surface area (Å²) in [5.74, 6) is 0.0499. The van der Waals surface area contributed by atoms with E-state index in [9.17, 15) is 9.59 Å². The van der Waals surface area contributed by atoms with E-state index < -0.39 is 6.04 Å². The number of nitrogens with two attached hydrogens (primary N) is 1. The average molecular weight is 331 g/mol. The predicted molar refractivity (Wildman–Crippen MR) is 95.3 cm³/mol. The van der Waals surface area contributed by atoms with Crippen LogP contribution in [0.15, 0.2) is 30.3 Å². The van der Waals surface area contributed by atoms with Crippen molar-refractivity contribution in [1.29, 1.82) is 0 Å². The Labute approximate surface area is 144 Å². The van der Waals surface area contributed by atoms with E-state index in [1.165, 1.54) is 0 Å². The van der Waals surface area contributed by atoms with Gasteiger partial charge in [0.1, 0.15) is 0 Å². The number of piperidine rings is 1. The largest absolute Gasteiger partial charge is 0.353 e. The van der Waals surface area contributed by atoms with Gasteiger partial charge in [-0.2, -0.15) is 0 Å². The molecular weight excluding hydrogens is 302 g/mol. The first-order valence-corrected chi connectivity index (χ1v) is 8.65. The van der Waals surface area contributed by atoms with Crippen molar-refractivity contribution in [3.05, 3.63) is 35.9 Å². The molecule has 24 heavy (non-hydrogen) atoms. The molecule has 1 aromatic rings. The molecule has 1 unspecified atom stereocenters. The first kappa shape index (κ1) is 18.5. The SMILES string of the molecule is CC(C)(C)C(N)C(=O)N1CCC(NC(=O)Cc2ccccc2)CC1. The molecular formula is C19H29N3O2. The van der Waals surface area contributed by atoms with Gasteiger partial charge in [-0.1, -0.05) is 51.1 Å². The molecule has 1 atom stereocenters. The van der Waals surface area contributed by atoms with Crippen molar-refractivity contribution in [2.24, 2.45) is 11.1 Å². The van der Waals surface area contributed by atoms with Gasteiger partial charge in [-0.25, -0.2) is 0 Å². The summed E-state index contributed by atoms with van der Waals surface area (Å²) >= 11 is 0. The molecule has 0 bridgehead atoms. The van der Waals surface area contributed by atoms with Gasteiger partial charge in [0.05, 0.1) is 12.5 Å². The van der Waals surface area contributed by atoms with E-state index in [4.69, 9.17) is 5.73 Å². The Hall–Kier alpha value is -1.88. The summed E-state index contributed by atoms with van der Waals surface area (Å²) in [6.45, 7) is 7.24. The molecule has 1 heterocycles. The third-order valence-electron chi connectivity index (χ3n) is 4.58. The number of carbonyl (C=O) groups excluding carboxylic acids is 2. The summed E-state index contributed by atoms with van der Waals surface area (Å²) in [6.07, 6.45) is 1.96. The average Bonchev–Trinajstić information content (AvgIpc) is 2.54. The number of nitrogens with one attached hydrogen (secondary N) is 1. The van der Waals surface area contributed by atoms with Gasteiger partial charge in [0.25, 0.3) is 0 Å². The lowest BCUT2D eigenvalue weighted by Crippen LogP contribution is -2.54. The van der Waals surface area contributed by atoms with Gasteiger partial charge >= 0.3 is 0 Å². The number of rotatable bonds is 4. The van der Waals surface area contributed by atoms with E-state index in [0.29, 0.717) is 19.5 Å². The molecule has 1 saturated heterocycles. The molecule has 2 amide bonds. The minimum absolute atomic E-state index is 0.0107. The number of hydrogen-bond acceptors (Lipinski definition) is 3. The van der Waals surface area contributed by atoms with Gasteiger partial charge in [-0.3, -0.25) is 9.59 Å². The summed E-state index contributed by atoms with van der Waals surface area (Å²) in [6, 6.07) is 9.37. The third-order valence-corrected chi connectivity index (χ3v) is 4.58. The summed E-state index contributed by atoms with van der Waals surface area (Å²) in [4.78, 5) is 26.4. The number of nitrogens with zero attached hydrogens (tertiary/aromatic N) is 1. The van der Waals surface area contributed by atoms with Crippen LogP contribution in [0.25, 0.3) is 0 Å². The van der Waals surface area contributed by atoms with Crippen LogP contribution >= 0.6 is 0 Å². The standard InChI is InChI=1S/C19H29N3O2/c1-19(2,3)17(20)18(24)22-11-9-15(10-12-22)21-16(23)13-14-7-5-4-6-8-14/h4-8,15,17H,9-13,20H2,1-3H3,(H,21,23). The number of carbonyl (C=O) groups is 2. The van der Waals surface area contributed by atoms with E-state index >= 15 is 0 Å². The second-order valence-electron chi connectivity index (χ2n) is 7.67. The topological polar surface area (TPSA) is 75.4 Å². The lowest BCUT2D eigenvalue weighted by atomic mass is 9.86. The van der Waals surface area contributed by atoms with Crippen LogP contribution in [0.5, 0.6) is 0 Å². The second kappa shape index (κ2) is 7.79. The number of amides is 2. The summed E-state index contributed by atoms with van der Waals surface area (Å²) < 4.78 is 0. The molecule has 1 aromatic carbocycles. The zero-order valence-corrected chi connectivity index (χ0v) is 14.9. The van der Waals surface area contributed by atoms with Crippen LogP contribution in [0, 0.1) is 5.41 Å². The Bertz CT molecular complexity index is 558. The molecule has 5 heteroatoms. The highest BCUT2D eigenvalue weighted by Gasteiger charge is 2.33. The fraction of sp³-hybridized carbons (Fsp3) is 0.579. The smallest absolute Gasteiger partial charge is 0.240 e. The minimum Gasteiger partial charge on any atom is -0.353 e. The summed E-state index contributed by atoms with van der Waals surface area (Å²) in [5.41, 5.74) is 6.84. The first-order chi connectivity index (χ1) is 11.3. The van der Waals surface area contributed by atoms with E-state index in [1.807, 2.05) is 56.0 Å². The molecule has 3 N–H and O–H groups in total. The van der Waals surface area contributed by atoms with Gasteiger partial charge in [0.2, 0.25) is 11.8 Å². The zero-order chi connectivity index (χ0) is 17.7. The minimum atomic E-state index is -0.485. The van der Waals surface area contributed by atoms with Gasteiger partial charge in [-0.15, -0.1) is 0 Å². The normalized spacial score (nSPS) is 17.4. The molecule has 132 valence electrons. The van der Waals surface area contributed by atoms with Crippen LogP contribution in [0.4, 0.5) is 0 Å². The molecule has 0 radical (unpaired) electrons. The fourth-order valence-corrected chi connectivity index (χ4v) is 2.87. The Morgan fingerprint density at radius 2 is 1.79 bits per heavy atom. The number of likely N-dealkylation sites (tertiary alicyclic amines) is 1. The maximum atomic E-state index is 12.4. The Morgan fingerprint density at radius 3 is 2.33 bits per heavy atom. The van der Waals surface area contributed by atoms with E-state index in [0.717, 1.165) is 18.4 Å². The molecule has 2 rings (SSSR count). The molecule has 5 nitrogen and oxygen atoms in total. The maximum absolute atomic E-state index is 12.4.